The predicted octanol–water partition coefficient (Wildman–Crippen LogP) is 3.08. The van der Waals surface area contributed by atoms with Crippen LogP contribution in [0.5, 0.6) is 0 Å². The van der Waals surface area contributed by atoms with Gasteiger partial charge in [-0.05, 0) is 56.1 Å². The molecule has 1 aromatic carbocycles. The number of aromatic amines is 1. The first-order valence-corrected chi connectivity index (χ1v) is 11.7. The van der Waals surface area contributed by atoms with Crippen molar-refractivity contribution in [1.29, 1.82) is 0 Å². The Balaban J connectivity index is 1.35. The quantitative estimate of drug-likeness (QED) is 0.577. The number of anilines is 1. The Morgan fingerprint density at radius 1 is 1.28 bits per heavy atom. The molecule has 0 atom stereocenters. The number of benzene rings is 1. The van der Waals surface area contributed by atoms with Crippen LogP contribution in [0.25, 0.3) is 0 Å². The van der Waals surface area contributed by atoms with E-state index in [1.54, 1.807) is 23.5 Å². The van der Waals surface area contributed by atoms with Crippen LogP contribution in [0.2, 0.25) is 0 Å². The third-order valence-corrected chi connectivity index (χ3v) is 6.52. The van der Waals surface area contributed by atoms with Crippen LogP contribution >= 0.6 is 11.3 Å². The number of hydrogen-bond donors (Lipinski definition) is 2. The molecule has 8 heteroatoms. The lowest BCUT2D eigenvalue weighted by Gasteiger charge is -2.27. The van der Waals surface area contributed by atoms with E-state index < -0.39 is 0 Å². The highest BCUT2D eigenvalue weighted by Crippen LogP contribution is 2.26. The summed E-state index contributed by atoms with van der Waals surface area (Å²) in [6.07, 6.45) is 2.19. The summed E-state index contributed by atoms with van der Waals surface area (Å²) in [5.41, 5.74) is 5.15. The molecule has 0 saturated carbocycles. The van der Waals surface area contributed by atoms with Gasteiger partial charge >= 0.3 is 0 Å². The normalized spacial score (nSPS) is 13.3. The van der Waals surface area contributed by atoms with Gasteiger partial charge in [0.25, 0.3) is 11.5 Å². The van der Waals surface area contributed by atoms with Crippen molar-refractivity contribution < 1.29 is 4.79 Å². The maximum Gasteiger partial charge on any atom is 0.261 e. The summed E-state index contributed by atoms with van der Waals surface area (Å²) in [4.78, 5) is 36.8. The number of thiazole rings is 1. The minimum Gasteiger partial charge on any atom is -0.374 e. The average molecular weight is 452 g/mol. The number of fused-ring (bicyclic) bond motifs is 1. The summed E-state index contributed by atoms with van der Waals surface area (Å²) in [5, 5.41) is 5.97. The molecule has 0 radical (unpaired) electrons. The van der Waals surface area contributed by atoms with Crippen molar-refractivity contribution in [2.45, 2.75) is 39.4 Å². The number of amides is 1. The highest BCUT2D eigenvalue weighted by Gasteiger charge is 2.15. The van der Waals surface area contributed by atoms with Gasteiger partial charge in [0, 0.05) is 50.0 Å². The van der Waals surface area contributed by atoms with Gasteiger partial charge in [0.05, 0.1) is 10.7 Å². The molecule has 1 aliphatic rings. The molecule has 0 fully saturated rings. The molecule has 3 aromatic rings. The number of aromatic nitrogens is 2. The lowest BCUT2D eigenvalue weighted by molar-refractivity contribution is 0.0949. The highest BCUT2D eigenvalue weighted by molar-refractivity contribution is 7.09. The molecule has 1 aliphatic heterocycles. The third-order valence-electron chi connectivity index (χ3n) is 5.70. The predicted molar refractivity (Wildman–Crippen MR) is 128 cm³/mol. The van der Waals surface area contributed by atoms with Gasteiger partial charge in [0.2, 0.25) is 0 Å². The molecule has 0 bridgehead atoms. The summed E-state index contributed by atoms with van der Waals surface area (Å²) in [5.74, 6) is -0.362. The minimum atomic E-state index is -0.370. The van der Waals surface area contributed by atoms with Gasteiger partial charge in [-0.3, -0.25) is 14.5 Å². The third kappa shape index (κ3) is 5.26. The molecular formula is C24H29N5O2S. The lowest BCUT2D eigenvalue weighted by atomic mass is 9.99. The van der Waals surface area contributed by atoms with Crippen LogP contribution in [0.15, 0.2) is 40.5 Å². The number of rotatable bonds is 7. The molecule has 168 valence electrons. The van der Waals surface area contributed by atoms with E-state index in [4.69, 9.17) is 0 Å². The number of hydrogen-bond acceptors (Lipinski definition) is 6. The first kappa shape index (κ1) is 22.2. The second-order valence-electron chi connectivity index (χ2n) is 8.43. The zero-order valence-corrected chi connectivity index (χ0v) is 19.6. The first-order valence-electron chi connectivity index (χ1n) is 10.8. The number of carbonyl (C=O) groups excluding carboxylic acids is 1. The van der Waals surface area contributed by atoms with Gasteiger partial charge in [-0.1, -0.05) is 12.1 Å². The van der Waals surface area contributed by atoms with Crippen molar-refractivity contribution in [2.24, 2.45) is 0 Å². The van der Waals surface area contributed by atoms with Crippen molar-refractivity contribution in [1.82, 2.24) is 20.2 Å². The number of pyridine rings is 1. The first-order chi connectivity index (χ1) is 15.4. The summed E-state index contributed by atoms with van der Waals surface area (Å²) >= 11 is 1.63. The van der Waals surface area contributed by atoms with E-state index >= 15 is 0 Å². The maximum atomic E-state index is 12.6. The van der Waals surface area contributed by atoms with Gasteiger partial charge in [0.15, 0.2) is 0 Å². The lowest BCUT2D eigenvalue weighted by Crippen LogP contribution is -2.30. The van der Waals surface area contributed by atoms with Gasteiger partial charge < -0.3 is 15.2 Å². The molecule has 0 unspecified atom stereocenters. The molecule has 2 aromatic heterocycles. The van der Waals surface area contributed by atoms with E-state index in [1.165, 1.54) is 11.3 Å². The largest absolute Gasteiger partial charge is 0.374 e. The van der Waals surface area contributed by atoms with E-state index in [9.17, 15) is 9.59 Å². The van der Waals surface area contributed by atoms with Gasteiger partial charge in [0.1, 0.15) is 5.56 Å². The van der Waals surface area contributed by atoms with Crippen molar-refractivity contribution >= 4 is 22.9 Å². The molecule has 0 aliphatic carbocycles. The standard InChI is InChI=1S/C24H29N5O2S/c1-16-26-20(15-32-16)14-28(2)13-19-7-8-21(24(31)27-19)23(30)25-12-17-6-9-22-18(11-17)5-4-10-29(22)3/h6-9,11,15H,4-5,10,12-14H2,1-3H3,(H,25,30)(H,27,31). The van der Waals surface area contributed by atoms with Crippen LogP contribution in [-0.2, 0) is 26.1 Å². The van der Waals surface area contributed by atoms with Crippen LogP contribution in [0.3, 0.4) is 0 Å². The monoisotopic (exact) mass is 451 g/mol. The van der Waals surface area contributed by atoms with Crippen molar-refractivity contribution in [3.63, 3.8) is 0 Å². The van der Waals surface area contributed by atoms with Gasteiger partial charge in [-0.2, -0.15) is 0 Å². The molecule has 2 N–H and O–H groups in total. The number of nitrogens with one attached hydrogen (secondary N) is 2. The average Bonchev–Trinajstić information content (AvgIpc) is 3.16. The number of H-pyrrole nitrogens is 1. The van der Waals surface area contributed by atoms with Crippen LogP contribution in [0.4, 0.5) is 5.69 Å². The Kier molecular flexibility index (Phi) is 6.72. The Labute approximate surface area is 192 Å². The zero-order valence-electron chi connectivity index (χ0n) is 18.8. The number of nitrogens with zero attached hydrogens (tertiary/aromatic N) is 3. The molecule has 7 nitrogen and oxygen atoms in total. The Morgan fingerprint density at radius 3 is 2.88 bits per heavy atom. The zero-order chi connectivity index (χ0) is 22.7. The summed E-state index contributed by atoms with van der Waals surface area (Å²) < 4.78 is 0. The topological polar surface area (TPSA) is 81.3 Å². The van der Waals surface area contributed by atoms with E-state index in [-0.39, 0.29) is 17.0 Å². The van der Waals surface area contributed by atoms with Crippen molar-refractivity contribution in [3.8, 4) is 0 Å². The molecule has 3 heterocycles. The van der Waals surface area contributed by atoms with E-state index in [1.807, 2.05) is 25.4 Å². The minimum absolute atomic E-state index is 0.129. The fraction of sp³-hybridized carbons (Fsp3) is 0.375. The number of aryl methyl sites for hydroxylation is 2. The molecule has 1 amide bonds. The Bertz CT molecular complexity index is 1170. The van der Waals surface area contributed by atoms with Crippen LogP contribution in [0, 0.1) is 6.92 Å². The molecule has 4 rings (SSSR count). The maximum absolute atomic E-state index is 12.6. The fourth-order valence-electron chi connectivity index (χ4n) is 4.12. The second-order valence-corrected chi connectivity index (χ2v) is 9.49. The molecular weight excluding hydrogens is 422 g/mol. The molecule has 32 heavy (non-hydrogen) atoms. The van der Waals surface area contributed by atoms with Crippen LogP contribution in [-0.4, -0.2) is 41.4 Å². The molecule has 0 saturated heterocycles. The van der Waals surface area contributed by atoms with Gasteiger partial charge in [-0.25, -0.2) is 4.98 Å². The number of carbonyl (C=O) groups is 1. The summed E-state index contributed by atoms with van der Waals surface area (Å²) in [7, 11) is 4.08. The Hall–Kier alpha value is -2.97. The molecule has 0 spiro atoms. The smallest absolute Gasteiger partial charge is 0.261 e. The van der Waals surface area contributed by atoms with Crippen molar-refractivity contribution in [2.75, 3.05) is 25.5 Å². The van der Waals surface area contributed by atoms with E-state index in [0.29, 0.717) is 19.6 Å². The van der Waals surface area contributed by atoms with E-state index in [0.717, 1.165) is 41.3 Å². The van der Waals surface area contributed by atoms with Crippen molar-refractivity contribution in [3.05, 3.63) is 79.2 Å². The summed E-state index contributed by atoms with van der Waals surface area (Å²) in [6, 6.07) is 9.70. The van der Waals surface area contributed by atoms with E-state index in [2.05, 4.69) is 44.3 Å². The van der Waals surface area contributed by atoms with Crippen LogP contribution in [0.1, 0.15) is 44.3 Å². The summed E-state index contributed by atoms with van der Waals surface area (Å²) in [6.45, 7) is 4.72. The highest BCUT2D eigenvalue weighted by atomic mass is 32.1. The SMILES string of the molecule is Cc1nc(CN(C)Cc2ccc(C(=O)NCc3ccc4c(c3)CCCN4C)c(=O)[nH]2)cs1. The fourth-order valence-corrected chi connectivity index (χ4v) is 4.72. The second kappa shape index (κ2) is 9.67. The Morgan fingerprint density at radius 2 is 2.12 bits per heavy atom. The van der Waals surface area contributed by atoms with Crippen LogP contribution < -0.4 is 15.8 Å². The van der Waals surface area contributed by atoms with Gasteiger partial charge in [-0.15, -0.1) is 11.3 Å².